The number of carbonyl (C=O) groups excluding carboxylic acids is 1. The minimum absolute atomic E-state index is 0.108. The van der Waals surface area contributed by atoms with Crippen LogP contribution >= 0.6 is 0 Å². The Balaban J connectivity index is 3.15. The molecule has 88 valence electrons. The van der Waals surface area contributed by atoms with E-state index in [1.165, 1.54) is 19.2 Å². The summed E-state index contributed by atoms with van der Waals surface area (Å²) in [6.07, 6.45) is -1.41. The third-order valence-electron chi connectivity index (χ3n) is 1.68. The molecule has 1 rings (SSSR count). The molecule has 16 heavy (non-hydrogen) atoms. The molecule has 4 N–H and O–H groups in total. The number of carbonyl (C=O) groups is 1. The topological polar surface area (TPSA) is 122 Å². The van der Waals surface area contributed by atoms with E-state index in [1.54, 1.807) is 0 Å². The fourth-order valence-electron chi connectivity index (χ4n) is 1.02. The highest BCUT2D eigenvalue weighted by molar-refractivity contribution is 7.87. The Labute approximate surface area is 92.1 Å². The number of amides is 1. The van der Waals surface area contributed by atoms with Gasteiger partial charge in [0.2, 0.25) is 0 Å². The van der Waals surface area contributed by atoms with Crippen LogP contribution in [0.1, 0.15) is 0 Å². The van der Waals surface area contributed by atoms with E-state index in [2.05, 4.69) is 9.92 Å². The number of methoxy groups -OCH3 is 1. The fraction of sp³-hybridized carbons (Fsp3) is 0.125. The Kier molecular flexibility index (Phi) is 3.23. The van der Waals surface area contributed by atoms with Crippen molar-refractivity contribution in [3.63, 3.8) is 0 Å². The summed E-state index contributed by atoms with van der Waals surface area (Å²) in [5.41, 5.74) is 10.2. The number of benzene rings is 1. The van der Waals surface area contributed by atoms with Crippen molar-refractivity contribution in [2.24, 2.45) is 5.73 Å². The second kappa shape index (κ2) is 4.27. The van der Waals surface area contributed by atoms with E-state index < -0.39 is 16.2 Å². The standard InChI is InChI=1S/C8H10N2O5S/c1-14-7-3-2-5(4-6(7)9)16(12,13)15-8(10)11/h2-4H,9H2,1H3,(H2,10,11). The molecule has 0 aliphatic rings. The molecule has 0 saturated carbocycles. The van der Waals surface area contributed by atoms with Crippen LogP contribution in [-0.4, -0.2) is 21.6 Å². The van der Waals surface area contributed by atoms with Crippen LogP contribution in [0.3, 0.4) is 0 Å². The Morgan fingerprint density at radius 2 is 2.00 bits per heavy atom. The predicted octanol–water partition coefficient (Wildman–Crippen LogP) is 0.0614. The van der Waals surface area contributed by atoms with Crippen LogP contribution in [0.5, 0.6) is 5.75 Å². The van der Waals surface area contributed by atoms with Gasteiger partial charge in [-0.2, -0.15) is 8.42 Å². The number of rotatable bonds is 3. The van der Waals surface area contributed by atoms with Crippen molar-refractivity contribution in [2.45, 2.75) is 4.90 Å². The summed E-state index contributed by atoms with van der Waals surface area (Å²) < 4.78 is 31.6. The van der Waals surface area contributed by atoms with E-state index in [4.69, 9.17) is 10.5 Å². The van der Waals surface area contributed by atoms with Gasteiger partial charge in [-0.25, -0.2) is 4.79 Å². The summed E-state index contributed by atoms with van der Waals surface area (Å²) in [6.45, 7) is 0. The summed E-state index contributed by atoms with van der Waals surface area (Å²) in [6, 6.07) is 3.64. The number of ether oxygens (including phenoxy) is 1. The number of primary amides is 1. The van der Waals surface area contributed by atoms with Gasteiger partial charge in [-0.1, -0.05) is 0 Å². The van der Waals surface area contributed by atoms with E-state index in [1.807, 2.05) is 0 Å². The van der Waals surface area contributed by atoms with Crippen molar-refractivity contribution in [1.82, 2.24) is 0 Å². The zero-order chi connectivity index (χ0) is 12.3. The minimum Gasteiger partial charge on any atom is -0.495 e. The smallest absolute Gasteiger partial charge is 0.420 e. The van der Waals surface area contributed by atoms with Crippen molar-refractivity contribution in [3.05, 3.63) is 18.2 Å². The summed E-state index contributed by atoms with van der Waals surface area (Å²) in [5, 5.41) is 0. The molecule has 0 atom stereocenters. The molecule has 8 heteroatoms. The van der Waals surface area contributed by atoms with E-state index >= 15 is 0 Å². The third-order valence-corrected chi connectivity index (χ3v) is 2.90. The summed E-state index contributed by atoms with van der Waals surface area (Å²) >= 11 is 0. The maximum Gasteiger partial charge on any atom is 0.420 e. The molecule has 0 spiro atoms. The van der Waals surface area contributed by atoms with Gasteiger partial charge in [0.1, 0.15) is 10.6 Å². The molecule has 0 bridgehead atoms. The molecule has 0 aromatic heterocycles. The molecule has 0 unspecified atom stereocenters. The molecule has 0 heterocycles. The number of hydrogen-bond acceptors (Lipinski definition) is 6. The monoisotopic (exact) mass is 246 g/mol. The van der Waals surface area contributed by atoms with Crippen molar-refractivity contribution < 1.29 is 22.1 Å². The number of nitrogen functional groups attached to an aromatic ring is 1. The molecule has 0 aliphatic heterocycles. The zero-order valence-corrected chi connectivity index (χ0v) is 9.15. The second-order valence-electron chi connectivity index (χ2n) is 2.76. The van der Waals surface area contributed by atoms with Crippen molar-refractivity contribution in [3.8, 4) is 5.75 Å². The van der Waals surface area contributed by atoms with Gasteiger partial charge in [-0.05, 0) is 18.2 Å². The Hall–Kier alpha value is -1.96. The first kappa shape index (κ1) is 12.1. The van der Waals surface area contributed by atoms with Crippen LogP contribution in [0.4, 0.5) is 10.5 Å². The minimum atomic E-state index is -4.22. The zero-order valence-electron chi connectivity index (χ0n) is 8.34. The van der Waals surface area contributed by atoms with Crippen molar-refractivity contribution in [1.29, 1.82) is 0 Å². The van der Waals surface area contributed by atoms with Crippen LogP contribution in [-0.2, 0) is 14.3 Å². The highest BCUT2D eigenvalue weighted by Crippen LogP contribution is 2.25. The molecule has 0 fully saturated rings. The highest BCUT2D eigenvalue weighted by Gasteiger charge is 2.19. The average molecular weight is 246 g/mol. The van der Waals surface area contributed by atoms with Gasteiger partial charge in [-0.3, -0.25) is 0 Å². The van der Waals surface area contributed by atoms with E-state index in [-0.39, 0.29) is 10.6 Å². The van der Waals surface area contributed by atoms with Gasteiger partial charge in [0.15, 0.2) is 0 Å². The van der Waals surface area contributed by atoms with Gasteiger partial charge in [-0.15, -0.1) is 0 Å². The first-order valence-electron chi connectivity index (χ1n) is 4.04. The molecule has 0 radical (unpaired) electrons. The lowest BCUT2D eigenvalue weighted by atomic mass is 10.3. The van der Waals surface area contributed by atoms with E-state index in [9.17, 15) is 13.2 Å². The average Bonchev–Trinajstić information content (AvgIpc) is 2.15. The van der Waals surface area contributed by atoms with E-state index in [0.29, 0.717) is 5.75 Å². The highest BCUT2D eigenvalue weighted by atomic mass is 32.2. The molecule has 1 aromatic rings. The first-order chi connectivity index (χ1) is 7.36. The largest absolute Gasteiger partial charge is 0.495 e. The lowest BCUT2D eigenvalue weighted by Gasteiger charge is -2.07. The lowest BCUT2D eigenvalue weighted by Crippen LogP contribution is -2.19. The van der Waals surface area contributed by atoms with Crippen LogP contribution in [0.15, 0.2) is 23.1 Å². The Bertz CT molecular complexity index is 511. The number of anilines is 1. The molecule has 1 aromatic carbocycles. The lowest BCUT2D eigenvalue weighted by molar-refractivity contribution is 0.212. The summed E-state index contributed by atoms with van der Waals surface area (Å²) in [4.78, 5) is 10.1. The van der Waals surface area contributed by atoms with Gasteiger partial charge in [0.05, 0.1) is 12.8 Å². The van der Waals surface area contributed by atoms with Gasteiger partial charge in [0.25, 0.3) is 0 Å². The molecule has 0 saturated heterocycles. The number of nitrogens with two attached hydrogens (primary N) is 2. The first-order valence-corrected chi connectivity index (χ1v) is 5.45. The van der Waals surface area contributed by atoms with Crippen LogP contribution in [0.25, 0.3) is 0 Å². The van der Waals surface area contributed by atoms with Crippen LogP contribution in [0, 0.1) is 0 Å². The Morgan fingerprint density at radius 1 is 1.38 bits per heavy atom. The molecular formula is C8H10N2O5S. The number of hydrogen-bond donors (Lipinski definition) is 2. The van der Waals surface area contributed by atoms with Crippen molar-refractivity contribution >= 4 is 21.9 Å². The Morgan fingerprint density at radius 3 is 2.44 bits per heavy atom. The summed E-state index contributed by atoms with van der Waals surface area (Å²) in [5.74, 6) is 0.318. The normalized spacial score (nSPS) is 10.8. The quantitative estimate of drug-likeness (QED) is 0.574. The van der Waals surface area contributed by atoms with Crippen LogP contribution < -0.4 is 16.2 Å². The van der Waals surface area contributed by atoms with Gasteiger partial charge < -0.3 is 20.4 Å². The molecule has 1 amide bonds. The van der Waals surface area contributed by atoms with E-state index in [0.717, 1.165) is 6.07 Å². The predicted molar refractivity (Wildman–Crippen MR) is 55.3 cm³/mol. The van der Waals surface area contributed by atoms with Crippen LogP contribution in [0.2, 0.25) is 0 Å². The SMILES string of the molecule is COc1ccc(S(=O)(=O)OC(N)=O)cc1N. The summed E-state index contributed by atoms with van der Waals surface area (Å²) in [7, 11) is -2.83. The maximum atomic E-state index is 11.4. The van der Waals surface area contributed by atoms with Crippen molar-refractivity contribution in [2.75, 3.05) is 12.8 Å². The molecule has 0 aliphatic carbocycles. The third kappa shape index (κ3) is 2.54. The maximum absolute atomic E-state index is 11.4. The second-order valence-corrected chi connectivity index (χ2v) is 4.31. The molecule has 7 nitrogen and oxygen atoms in total. The molecular weight excluding hydrogens is 236 g/mol. The fourth-order valence-corrected chi connectivity index (χ4v) is 1.84. The van der Waals surface area contributed by atoms with Gasteiger partial charge in [0, 0.05) is 0 Å². The van der Waals surface area contributed by atoms with Gasteiger partial charge >= 0.3 is 16.2 Å².